The maximum Gasteiger partial charge on any atom is 0.416 e. The quantitative estimate of drug-likeness (QED) is 0.194. The molecule has 46 heavy (non-hydrogen) atoms. The van der Waals surface area contributed by atoms with Crippen LogP contribution in [0.15, 0.2) is 81.9 Å². The fraction of sp³-hybridized carbons (Fsp3) is 0.424. The van der Waals surface area contributed by atoms with E-state index in [0.717, 1.165) is 22.9 Å². The number of carbonyl (C=O) groups is 1. The summed E-state index contributed by atoms with van der Waals surface area (Å²) in [7, 11) is 0. The number of amides is 1. The van der Waals surface area contributed by atoms with Gasteiger partial charge in [0.2, 0.25) is 5.91 Å². The highest BCUT2D eigenvalue weighted by atomic mass is 35.5. The molecule has 5 atom stereocenters. The van der Waals surface area contributed by atoms with Crippen molar-refractivity contribution < 1.29 is 18.0 Å². The van der Waals surface area contributed by atoms with Gasteiger partial charge >= 0.3 is 6.18 Å². The molecule has 3 unspecified atom stereocenters. The molecule has 4 aliphatic rings. The molecule has 0 bridgehead atoms. The van der Waals surface area contributed by atoms with Crippen molar-refractivity contribution in [2.75, 3.05) is 25.4 Å². The maximum absolute atomic E-state index is 14.9. The first-order valence-electron chi connectivity index (χ1n) is 15.1. The van der Waals surface area contributed by atoms with Gasteiger partial charge in [0.1, 0.15) is 5.84 Å². The van der Waals surface area contributed by atoms with Crippen LogP contribution >= 0.6 is 34.7 Å². The lowest BCUT2D eigenvalue weighted by Gasteiger charge is -2.46. The summed E-state index contributed by atoms with van der Waals surface area (Å²) in [6.45, 7) is 10.4. The number of thiophene rings is 1. The molecular weight excluding hydrogens is 653 g/mol. The highest BCUT2D eigenvalue weighted by Crippen LogP contribution is 2.48. The molecule has 7 nitrogen and oxygen atoms in total. The third-order valence-electron chi connectivity index (χ3n) is 8.58. The normalized spacial score (nSPS) is 29.2. The van der Waals surface area contributed by atoms with Crippen molar-refractivity contribution >= 4 is 57.7 Å². The molecule has 2 aliphatic carbocycles. The van der Waals surface area contributed by atoms with Crippen LogP contribution in [0.1, 0.15) is 32.1 Å². The molecule has 5 rings (SSSR count). The second-order valence-corrected chi connectivity index (χ2v) is 14.5. The Bertz CT molecular complexity index is 1580. The van der Waals surface area contributed by atoms with Gasteiger partial charge in [-0.3, -0.25) is 15.2 Å². The monoisotopic (exact) mass is 690 g/mol. The third-order valence-corrected chi connectivity index (χ3v) is 11.3. The van der Waals surface area contributed by atoms with Crippen LogP contribution < -0.4 is 11.1 Å². The summed E-state index contributed by atoms with van der Waals surface area (Å²) in [6, 6.07) is 0.226. The Morgan fingerprint density at radius 3 is 2.61 bits per heavy atom. The van der Waals surface area contributed by atoms with E-state index in [-0.39, 0.29) is 41.0 Å². The first kappa shape index (κ1) is 34.3. The zero-order valence-corrected chi connectivity index (χ0v) is 28.3. The van der Waals surface area contributed by atoms with Gasteiger partial charge in [-0.05, 0) is 44.6 Å². The van der Waals surface area contributed by atoms with Crippen LogP contribution in [0.2, 0.25) is 5.02 Å². The van der Waals surface area contributed by atoms with E-state index >= 15 is 0 Å². The number of hydrogen-bond donors (Lipinski definition) is 3. The number of piperazine rings is 1. The van der Waals surface area contributed by atoms with Crippen LogP contribution in [0.5, 0.6) is 0 Å². The molecule has 0 saturated carbocycles. The molecule has 0 radical (unpaired) electrons. The summed E-state index contributed by atoms with van der Waals surface area (Å²) in [5, 5.41) is 14.2. The van der Waals surface area contributed by atoms with Gasteiger partial charge in [-0.1, -0.05) is 42.0 Å². The molecule has 1 amide bonds. The number of fused-ring (bicyclic) bond motifs is 1. The molecule has 1 aromatic heterocycles. The van der Waals surface area contributed by atoms with E-state index in [1.165, 1.54) is 35.4 Å². The van der Waals surface area contributed by atoms with Crippen molar-refractivity contribution in [2.24, 2.45) is 10.7 Å². The van der Waals surface area contributed by atoms with Gasteiger partial charge in [0.25, 0.3) is 0 Å². The number of thioether (sulfide) groups is 1. The molecule has 1 aromatic rings. The number of carbonyl (C=O) groups excluding carboxylic acids is 1. The third kappa shape index (κ3) is 7.10. The molecule has 2 aliphatic heterocycles. The van der Waals surface area contributed by atoms with Crippen molar-refractivity contribution in [1.29, 1.82) is 5.41 Å². The van der Waals surface area contributed by atoms with Gasteiger partial charge in [-0.15, -0.1) is 23.1 Å². The number of amidine groups is 1. The van der Waals surface area contributed by atoms with Gasteiger partial charge in [-0.25, -0.2) is 0 Å². The first-order valence-corrected chi connectivity index (χ1v) is 17.4. The smallest absolute Gasteiger partial charge is 0.404 e. The van der Waals surface area contributed by atoms with Gasteiger partial charge < -0.3 is 20.9 Å². The van der Waals surface area contributed by atoms with E-state index in [2.05, 4.69) is 11.9 Å². The fourth-order valence-electron chi connectivity index (χ4n) is 6.56. The van der Waals surface area contributed by atoms with E-state index in [4.69, 9.17) is 22.3 Å². The Morgan fingerprint density at radius 2 is 2.00 bits per heavy atom. The Hall–Kier alpha value is -3.06. The molecule has 0 spiro atoms. The zero-order valence-electron chi connectivity index (χ0n) is 25.9. The molecule has 2 saturated heterocycles. The first-order chi connectivity index (χ1) is 21.8. The number of halogens is 4. The molecular formula is C33H38ClF3N6OS2. The number of allylic oxidation sites excluding steroid dienone is 7. The number of aliphatic imine (C=N–C) groups is 1. The van der Waals surface area contributed by atoms with Crippen molar-refractivity contribution in [1.82, 2.24) is 15.1 Å². The molecule has 13 heteroatoms. The van der Waals surface area contributed by atoms with Crippen molar-refractivity contribution in [3.05, 3.63) is 86.8 Å². The molecule has 4 N–H and O–H groups in total. The SMILES string of the molecule is C=CC(=O)N1[C@H](C)CN(C(=N)C2=CC(C(F)(F)F)=C(c3cc(Cl)cs3)C3SCC(N=C4CC(C)=CC=C/C4=C/N)CNC23)C[C@@H]1C. The Balaban J connectivity index is 1.55. The number of nitrogens with zero attached hydrogens (tertiary/aromatic N) is 3. The van der Waals surface area contributed by atoms with Gasteiger partial charge in [0, 0.05) is 77.2 Å². The summed E-state index contributed by atoms with van der Waals surface area (Å²) < 4.78 is 44.8. The van der Waals surface area contributed by atoms with E-state index in [9.17, 15) is 23.4 Å². The lowest BCUT2D eigenvalue weighted by Crippen LogP contribution is -2.60. The summed E-state index contributed by atoms with van der Waals surface area (Å²) >= 11 is 8.84. The average molecular weight is 691 g/mol. The summed E-state index contributed by atoms with van der Waals surface area (Å²) in [5.74, 6) is 0.277. The van der Waals surface area contributed by atoms with Gasteiger partial charge in [0.15, 0.2) is 0 Å². The highest BCUT2D eigenvalue weighted by Gasteiger charge is 2.47. The van der Waals surface area contributed by atoms with Crippen LogP contribution in [-0.4, -0.2) is 88.2 Å². The number of hydrogen-bond acceptors (Lipinski definition) is 7. The molecule has 2 fully saturated rings. The zero-order chi connectivity index (χ0) is 33.3. The second kappa shape index (κ2) is 14.0. The Labute approximate surface area is 281 Å². The predicted octanol–water partition coefficient (Wildman–Crippen LogP) is 6.37. The lowest BCUT2D eigenvalue weighted by molar-refractivity contribution is -0.132. The van der Waals surface area contributed by atoms with Gasteiger partial charge in [-0.2, -0.15) is 13.2 Å². The molecule has 0 aromatic carbocycles. The summed E-state index contributed by atoms with van der Waals surface area (Å²) in [4.78, 5) is 21.5. The molecule has 246 valence electrons. The maximum atomic E-state index is 14.9. The number of nitrogens with two attached hydrogens (primary N) is 1. The van der Waals surface area contributed by atoms with Crippen molar-refractivity contribution in [2.45, 2.75) is 62.8 Å². The van der Waals surface area contributed by atoms with Crippen LogP contribution in [0, 0.1) is 5.41 Å². The van der Waals surface area contributed by atoms with E-state index in [1.807, 2.05) is 39.0 Å². The van der Waals surface area contributed by atoms with E-state index in [0.29, 0.717) is 41.7 Å². The van der Waals surface area contributed by atoms with E-state index < -0.39 is 23.0 Å². The minimum absolute atomic E-state index is 0.0188. The van der Waals surface area contributed by atoms with E-state index in [1.54, 1.807) is 21.2 Å². The second-order valence-electron chi connectivity index (χ2n) is 12.0. The van der Waals surface area contributed by atoms with Crippen LogP contribution in [0.25, 0.3) is 5.57 Å². The predicted molar refractivity (Wildman–Crippen MR) is 185 cm³/mol. The average Bonchev–Trinajstić information content (AvgIpc) is 3.20. The van der Waals surface area contributed by atoms with Crippen molar-refractivity contribution in [3.63, 3.8) is 0 Å². The van der Waals surface area contributed by atoms with Gasteiger partial charge in [0.05, 0.1) is 27.9 Å². The minimum Gasteiger partial charge on any atom is -0.404 e. The Morgan fingerprint density at radius 1 is 1.28 bits per heavy atom. The summed E-state index contributed by atoms with van der Waals surface area (Å²) in [5.41, 5.74) is 8.37. The minimum atomic E-state index is -4.66. The van der Waals surface area contributed by atoms with Crippen molar-refractivity contribution in [3.8, 4) is 0 Å². The fourth-order valence-corrected chi connectivity index (χ4v) is 9.28. The van der Waals surface area contributed by atoms with Crippen LogP contribution in [-0.2, 0) is 4.79 Å². The number of rotatable bonds is 4. The summed E-state index contributed by atoms with van der Waals surface area (Å²) in [6.07, 6.45) is 5.75. The standard InChI is InChI=1S/C33H38ClF3N6OS2/c1-5-28(44)43-19(3)14-42(15-20(43)4)32(39)24-11-25(33(35,36)37)29(27-10-22(34)16-45-27)31-30(24)40-13-23(17-46-31)41-26-9-18(2)7-6-8-21(26)12-38/h5-8,10-12,16,19-20,23,30-31,39-40H,1,9,13-15,17,38H2,2-4H3/b21-12-,39-32?,41-26?/t19-,20+,23?,30?,31?. The lowest BCUT2D eigenvalue weighted by atomic mass is 9.85. The topological polar surface area (TPSA) is 97.8 Å². The van der Waals surface area contributed by atoms with Crippen LogP contribution in [0.4, 0.5) is 13.2 Å². The van der Waals surface area contributed by atoms with Crippen LogP contribution in [0.3, 0.4) is 0 Å². The largest absolute Gasteiger partial charge is 0.416 e. The Kier molecular flexibility index (Phi) is 10.4. The highest BCUT2D eigenvalue weighted by molar-refractivity contribution is 8.00. The number of alkyl halides is 3. The molecule has 3 heterocycles. The number of nitrogens with one attached hydrogen (secondary N) is 2.